The number of hydrazine groups is 1. The Morgan fingerprint density at radius 2 is 2.35 bits per heavy atom. The summed E-state index contributed by atoms with van der Waals surface area (Å²) in [7, 11) is 1.58. The molecule has 0 aliphatic carbocycles. The first-order valence-corrected chi connectivity index (χ1v) is 5.27. The number of hydrogen-bond acceptors (Lipinski definition) is 3. The van der Waals surface area contributed by atoms with Crippen molar-refractivity contribution in [2.75, 3.05) is 25.6 Å². The Kier molecular flexibility index (Phi) is 5.68. The van der Waals surface area contributed by atoms with Crippen molar-refractivity contribution in [3.63, 3.8) is 0 Å². The summed E-state index contributed by atoms with van der Waals surface area (Å²) < 4.78 is 18.0. The molecule has 17 heavy (non-hydrogen) atoms. The minimum atomic E-state index is -0.509. The van der Waals surface area contributed by atoms with E-state index in [4.69, 9.17) is 22.2 Å². The molecule has 1 aromatic rings. The minimum Gasteiger partial charge on any atom is -0.383 e. The molecule has 4 N–H and O–H groups in total. The van der Waals surface area contributed by atoms with Crippen molar-refractivity contribution >= 4 is 23.2 Å². The Bertz CT molecular complexity index is 400. The van der Waals surface area contributed by atoms with Gasteiger partial charge in [-0.3, -0.25) is 5.43 Å². The van der Waals surface area contributed by atoms with Crippen LogP contribution in [-0.4, -0.2) is 26.2 Å². The van der Waals surface area contributed by atoms with Gasteiger partial charge in [0.05, 0.1) is 18.2 Å². The summed E-state index contributed by atoms with van der Waals surface area (Å²) in [6, 6.07) is 4.32. The molecule has 0 aliphatic rings. The lowest BCUT2D eigenvalue weighted by molar-refractivity contribution is 0.208. The fourth-order valence-electron chi connectivity index (χ4n) is 1.08. The van der Waals surface area contributed by atoms with Crippen LogP contribution in [0.1, 0.15) is 0 Å². The number of benzene rings is 1. The fraction of sp³-hybridized carbons (Fsp3) is 0.300. The van der Waals surface area contributed by atoms with Crippen molar-refractivity contribution in [3.8, 4) is 0 Å². The van der Waals surface area contributed by atoms with Gasteiger partial charge in [-0.05, 0) is 18.2 Å². The van der Waals surface area contributed by atoms with Crippen molar-refractivity contribution in [1.29, 1.82) is 0 Å². The first kappa shape index (κ1) is 13.7. The van der Waals surface area contributed by atoms with E-state index in [2.05, 4.69) is 15.7 Å². The highest BCUT2D eigenvalue weighted by Crippen LogP contribution is 2.18. The molecule has 0 saturated carbocycles. The van der Waals surface area contributed by atoms with Crippen LogP contribution >= 0.6 is 11.6 Å². The van der Waals surface area contributed by atoms with Gasteiger partial charge in [-0.15, -0.1) is 0 Å². The number of rotatable bonds is 4. The topological polar surface area (TPSA) is 71.7 Å². The van der Waals surface area contributed by atoms with Gasteiger partial charge < -0.3 is 10.1 Å². The second-order valence-electron chi connectivity index (χ2n) is 3.12. The highest BCUT2D eigenvalue weighted by molar-refractivity contribution is 6.30. The monoisotopic (exact) mass is 260 g/mol. The molecule has 0 aliphatic heterocycles. The molecule has 1 aromatic carbocycles. The Morgan fingerprint density at radius 1 is 1.59 bits per heavy atom. The third-order valence-electron chi connectivity index (χ3n) is 1.88. The number of nitrogens with one attached hydrogen (secondary N) is 2. The minimum absolute atomic E-state index is 0.0640. The first-order valence-electron chi connectivity index (χ1n) is 4.89. The van der Waals surface area contributed by atoms with Gasteiger partial charge in [0.1, 0.15) is 5.82 Å². The zero-order valence-electron chi connectivity index (χ0n) is 9.34. The quantitative estimate of drug-likeness (QED) is 0.251. The van der Waals surface area contributed by atoms with Crippen molar-refractivity contribution in [2.45, 2.75) is 0 Å². The average Bonchev–Trinajstić information content (AvgIpc) is 2.32. The van der Waals surface area contributed by atoms with E-state index in [-0.39, 0.29) is 5.02 Å². The normalized spacial score (nSPS) is 11.4. The summed E-state index contributed by atoms with van der Waals surface area (Å²) in [5.41, 5.74) is 2.87. The highest BCUT2D eigenvalue weighted by atomic mass is 35.5. The number of aliphatic imine (C=N–C) groups is 1. The van der Waals surface area contributed by atoms with Gasteiger partial charge in [-0.2, -0.15) is 0 Å². The molecule has 5 nitrogen and oxygen atoms in total. The highest BCUT2D eigenvalue weighted by Gasteiger charge is 2.02. The van der Waals surface area contributed by atoms with E-state index in [0.717, 1.165) is 0 Å². The Balaban J connectivity index is 2.67. The van der Waals surface area contributed by atoms with E-state index in [0.29, 0.717) is 24.8 Å². The molecule has 1 rings (SSSR count). The number of halogens is 2. The van der Waals surface area contributed by atoms with Gasteiger partial charge in [0.2, 0.25) is 5.96 Å². The van der Waals surface area contributed by atoms with E-state index in [1.54, 1.807) is 13.2 Å². The first-order chi connectivity index (χ1) is 8.17. The molecular weight excluding hydrogens is 247 g/mol. The van der Waals surface area contributed by atoms with Gasteiger partial charge in [0, 0.05) is 12.8 Å². The largest absolute Gasteiger partial charge is 0.383 e. The smallest absolute Gasteiger partial charge is 0.210 e. The molecule has 0 radical (unpaired) electrons. The van der Waals surface area contributed by atoms with Crippen LogP contribution in [0, 0.1) is 5.82 Å². The Hall–Kier alpha value is -1.37. The van der Waals surface area contributed by atoms with Crippen LogP contribution in [-0.2, 0) is 4.74 Å². The molecule has 0 fully saturated rings. The third kappa shape index (κ3) is 4.56. The maximum absolute atomic E-state index is 13.2. The average molecular weight is 261 g/mol. The lowest BCUT2D eigenvalue weighted by atomic mass is 10.3. The van der Waals surface area contributed by atoms with E-state index in [1.807, 2.05) is 0 Å². The van der Waals surface area contributed by atoms with Crippen LogP contribution < -0.4 is 16.6 Å². The Labute approximate surface area is 104 Å². The summed E-state index contributed by atoms with van der Waals surface area (Å²) >= 11 is 5.56. The number of methoxy groups -OCH3 is 1. The number of nitrogens with two attached hydrogens (primary N) is 1. The number of nitrogens with zero attached hydrogens (tertiary/aromatic N) is 1. The van der Waals surface area contributed by atoms with Crippen molar-refractivity contribution in [1.82, 2.24) is 5.43 Å². The van der Waals surface area contributed by atoms with Crippen LogP contribution in [0.2, 0.25) is 5.02 Å². The molecule has 0 heterocycles. The van der Waals surface area contributed by atoms with Gasteiger partial charge in [0.15, 0.2) is 0 Å². The SMILES string of the molecule is COCCN=C(NN)Nc1ccc(Cl)c(F)c1. The van der Waals surface area contributed by atoms with E-state index < -0.39 is 5.82 Å². The number of guanidine groups is 1. The summed E-state index contributed by atoms with van der Waals surface area (Å²) in [5, 5.41) is 2.88. The molecule has 0 saturated heterocycles. The maximum atomic E-state index is 13.2. The summed E-state index contributed by atoms with van der Waals surface area (Å²) in [6.45, 7) is 0.918. The van der Waals surface area contributed by atoms with E-state index >= 15 is 0 Å². The maximum Gasteiger partial charge on any atom is 0.210 e. The van der Waals surface area contributed by atoms with Crippen LogP contribution in [0.4, 0.5) is 10.1 Å². The lowest BCUT2D eigenvalue weighted by Crippen LogP contribution is -2.36. The second kappa shape index (κ2) is 7.05. The lowest BCUT2D eigenvalue weighted by Gasteiger charge is -2.09. The van der Waals surface area contributed by atoms with Gasteiger partial charge >= 0.3 is 0 Å². The summed E-state index contributed by atoms with van der Waals surface area (Å²) in [6.07, 6.45) is 0. The van der Waals surface area contributed by atoms with Crippen LogP contribution in [0.25, 0.3) is 0 Å². The molecule has 7 heteroatoms. The number of ether oxygens (including phenoxy) is 1. The second-order valence-corrected chi connectivity index (χ2v) is 3.53. The molecule has 0 bridgehead atoms. The van der Waals surface area contributed by atoms with Crippen molar-refractivity contribution in [2.24, 2.45) is 10.8 Å². The van der Waals surface area contributed by atoms with Crippen LogP contribution in [0.3, 0.4) is 0 Å². The van der Waals surface area contributed by atoms with Gasteiger partial charge in [0.25, 0.3) is 0 Å². The van der Waals surface area contributed by atoms with Crippen molar-refractivity contribution in [3.05, 3.63) is 29.0 Å². The zero-order valence-corrected chi connectivity index (χ0v) is 10.1. The summed E-state index contributed by atoms with van der Waals surface area (Å²) in [5.74, 6) is 5.08. The van der Waals surface area contributed by atoms with Gasteiger partial charge in [-0.25, -0.2) is 15.2 Å². The van der Waals surface area contributed by atoms with E-state index in [9.17, 15) is 4.39 Å². The zero-order chi connectivity index (χ0) is 12.7. The van der Waals surface area contributed by atoms with Gasteiger partial charge in [-0.1, -0.05) is 11.6 Å². The number of hydrogen-bond donors (Lipinski definition) is 3. The molecule has 0 atom stereocenters. The molecule has 0 amide bonds. The van der Waals surface area contributed by atoms with Crippen molar-refractivity contribution < 1.29 is 9.13 Å². The molecular formula is C10H14ClFN4O. The summed E-state index contributed by atoms with van der Waals surface area (Å²) in [4.78, 5) is 4.07. The standard InChI is InChI=1S/C10H14ClFN4O/c1-17-5-4-14-10(16-13)15-7-2-3-8(11)9(12)6-7/h2-3,6H,4-5,13H2,1H3,(H2,14,15,16). The fourth-order valence-corrected chi connectivity index (χ4v) is 1.20. The van der Waals surface area contributed by atoms with Crippen LogP contribution in [0.5, 0.6) is 0 Å². The molecule has 0 spiro atoms. The predicted octanol–water partition coefficient (Wildman–Crippen LogP) is 1.36. The predicted molar refractivity (Wildman–Crippen MR) is 66.5 cm³/mol. The Morgan fingerprint density at radius 3 is 2.94 bits per heavy atom. The van der Waals surface area contributed by atoms with E-state index in [1.165, 1.54) is 12.1 Å². The molecule has 94 valence electrons. The molecule has 0 aromatic heterocycles. The third-order valence-corrected chi connectivity index (χ3v) is 2.19. The molecule has 0 unspecified atom stereocenters. The number of anilines is 1. The van der Waals surface area contributed by atoms with Crippen LogP contribution in [0.15, 0.2) is 23.2 Å².